The molecule has 5 heteroatoms. The highest BCUT2D eigenvalue weighted by molar-refractivity contribution is 8.00. The number of hydrogen-bond donors (Lipinski definition) is 0. The van der Waals surface area contributed by atoms with Gasteiger partial charge in [-0.15, -0.1) is 0 Å². The van der Waals surface area contributed by atoms with E-state index in [0.29, 0.717) is 6.54 Å². The SMILES string of the molecule is CC(C)(C)SCCN1C(=O)[C@@H]2[C@@H](C1=O)[C@@H]1CC[C@@H]2O1. The van der Waals surface area contributed by atoms with E-state index in [1.807, 2.05) is 0 Å². The molecule has 4 nitrogen and oxygen atoms in total. The summed E-state index contributed by atoms with van der Waals surface area (Å²) in [5, 5.41) is 0. The molecule has 0 aromatic carbocycles. The van der Waals surface area contributed by atoms with Gasteiger partial charge >= 0.3 is 0 Å². The lowest BCUT2D eigenvalue weighted by Gasteiger charge is -2.21. The van der Waals surface area contributed by atoms with Crippen molar-refractivity contribution in [2.24, 2.45) is 11.8 Å². The van der Waals surface area contributed by atoms with E-state index >= 15 is 0 Å². The molecule has 0 aromatic rings. The molecule has 0 radical (unpaired) electrons. The highest BCUT2D eigenvalue weighted by Gasteiger charge is 2.62. The van der Waals surface area contributed by atoms with Gasteiger partial charge in [-0.2, -0.15) is 11.8 Å². The third-order valence-electron chi connectivity index (χ3n) is 4.23. The lowest BCUT2D eigenvalue weighted by Crippen LogP contribution is -2.36. The standard InChI is InChI=1S/C14H21NO3S/c1-14(2,3)19-7-6-15-12(16)10-8-4-5-9(18-8)11(10)13(15)17/h8-11H,4-7H2,1-3H3/t8-,9-,10-,11-/m0/s1. The number of imide groups is 1. The average molecular weight is 283 g/mol. The van der Waals surface area contributed by atoms with Crippen LogP contribution in [-0.2, 0) is 14.3 Å². The van der Waals surface area contributed by atoms with Crippen LogP contribution in [0.5, 0.6) is 0 Å². The number of ether oxygens (including phenoxy) is 1. The van der Waals surface area contributed by atoms with Crippen LogP contribution in [0.2, 0.25) is 0 Å². The van der Waals surface area contributed by atoms with E-state index in [1.54, 1.807) is 11.8 Å². The van der Waals surface area contributed by atoms with Crippen LogP contribution in [0, 0.1) is 11.8 Å². The maximum atomic E-state index is 12.4. The van der Waals surface area contributed by atoms with E-state index in [1.165, 1.54) is 4.90 Å². The first-order chi connectivity index (χ1) is 8.88. The molecule has 4 atom stereocenters. The monoisotopic (exact) mass is 283 g/mol. The number of fused-ring (bicyclic) bond motifs is 5. The van der Waals surface area contributed by atoms with Crippen molar-refractivity contribution in [3.8, 4) is 0 Å². The smallest absolute Gasteiger partial charge is 0.235 e. The fourth-order valence-electron chi connectivity index (χ4n) is 3.44. The summed E-state index contributed by atoms with van der Waals surface area (Å²) in [4.78, 5) is 26.2. The normalized spacial score (nSPS) is 37.3. The molecule has 0 aliphatic carbocycles. The van der Waals surface area contributed by atoms with Gasteiger partial charge in [-0.05, 0) is 12.8 Å². The maximum absolute atomic E-state index is 12.4. The number of nitrogens with zero attached hydrogens (tertiary/aromatic N) is 1. The molecule has 2 bridgehead atoms. The van der Waals surface area contributed by atoms with Crippen molar-refractivity contribution in [3.63, 3.8) is 0 Å². The van der Waals surface area contributed by atoms with E-state index in [2.05, 4.69) is 20.8 Å². The molecule has 3 rings (SSSR count). The minimum atomic E-state index is -0.175. The van der Waals surface area contributed by atoms with Crippen LogP contribution in [0.4, 0.5) is 0 Å². The van der Waals surface area contributed by atoms with Gasteiger partial charge in [0.15, 0.2) is 0 Å². The van der Waals surface area contributed by atoms with Crippen LogP contribution in [0.1, 0.15) is 33.6 Å². The van der Waals surface area contributed by atoms with Gasteiger partial charge < -0.3 is 4.74 Å². The highest BCUT2D eigenvalue weighted by atomic mass is 32.2. The summed E-state index contributed by atoms with van der Waals surface area (Å²) in [6.45, 7) is 6.99. The summed E-state index contributed by atoms with van der Waals surface area (Å²) < 4.78 is 5.88. The molecule has 19 heavy (non-hydrogen) atoms. The Balaban J connectivity index is 1.65. The minimum absolute atomic E-state index is 0.00622. The molecule has 3 saturated heterocycles. The van der Waals surface area contributed by atoms with Crippen LogP contribution in [0.25, 0.3) is 0 Å². The number of rotatable bonds is 3. The Morgan fingerprint density at radius 3 is 2.16 bits per heavy atom. The molecule has 0 N–H and O–H groups in total. The summed E-state index contributed by atoms with van der Waals surface area (Å²) in [6, 6.07) is 0. The first-order valence-electron chi connectivity index (χ1n) is 7.03. The van der Waals surface area contributed by atoms with Gasteiger partial charge in [0.25, 0.3) is 0 Å². The molecule has 0 spiro atoms. The Bertz CT molecular complexity index is 389. The summed E-state index contributed by atoms with van der Waals surface area (Å²) in [6.07, 6.45) is 1.89. The molecule has 106 valence electrons. The number of carbonyl (C=O) groups excluding carboxylic acids is 2. The van der Waals surface area contributed by atoms with Gasteiger partial charge in [-0.25, -0.2) is 0 Å². The number of carbonyl (C=O) groups is 2. The summed E-state index contributed by atoms with van der Waals surface area (Å²) in [7, 11) is 0. The topological polar surface area (TPSA) is 46.6 Å². The molecular weight excluding hydrogens is 262 g/mol. The van der Waals surface area contributed by atoms with E-state index in [0.717, 1.165) is 18.6 Å². The third-order valence-corrected chi connectivity index (χ3v) is 5.48. The second-order valence-corrected chi connectivity index (χ2v) is 8.55. The van der Waals surface area contributed by atoms with Crippen molar-refractivity contribution in [2.45, 2.75) is 50.6 Å². The van der Waals surface area contributed by atoms with Crippen molar-refractivity contribution in [3.05, 3.63) is 0 Å². The number of thioether (sulfide) groups is 1. The summed E-state index contributed by atoms with van der Waals surface area (Å²) in [5.41, 5.74) is 0. The van der Waals surface area contributed by atoms with Crippen LogP contribution in [0.3, 0.4) is 0 Å². The second kappa shape index (κ2) is 4.48. The zero-order chi connectivity index (χ0) is 13.8. The largest absolute Gasteiger partial charge is 0.373 e. The average Bonchev–Trinajstić information content (AvgIpc) is 2.96. The van der Waals surface area contributed by atoms with Gasteiger partial charge in [0.05, 0.1) is 24.0 Å². The fraction of sp³-hybridized carbons (Fsp3) is 0.857. The molecule has 2 amide bonds. The quantitative estimate of drug-likeness (QED) is 0.739. The zero-order valence-electron chi connectivity index (χ0n) is 11.7. The summed E-state index contributed by atoms with van der Waals surface area (Å²) >= 11 is 1.79. The minimum Gasteiger partial charge on any atom is -0.373 e. The van der Waals surface area contributed by atoms with Crippen LogP contribution in [-0.4, -0.2) is 46.0 Å². The molecule has 3 aliphatic heterocycles. The maximum Gasteiger partial charge on any atom is 0.235 e. The first kappa shape index (κ1) is 13.4. The van der Waals surface area contributed by atoms with Gasteiger partial charge in [-0.1, -0.05) is 20.8 Å². The Hall–Kier alpha value is -0.550. The predicted octanol–water partition coefficient (Wildman–Crippen LogP) is 1.68. The van der Waals surface area contributed by atoms with Crippen LogP contribution < -0.4 is 0 Å². The van der Waals surface area contributed by atoms with Gasteiger partial charge in [0.1, 0.15) is 0 Å². The van der Waals surface area contributed by atoms with Crippen molar-refractivity contribution < 1.29 is 14.3 Å². The number of amides is 2. The van der Waals surface area contributed by atoms with Crippen LogP contribution >= 0.6 is 11.8 Å². The van der Waals surface area contributed by atoms with Gasteiger partial charge in [0.2, 0.25) is 11.8 Å². The first-order valence-corrected chi connectivity index (χ1v) is 8.02. The Labute approximate surface area is 118 Å². The van der Waals surface area contributed by atoms with Crippen molar-refractivity contribution in [1.82, 2.24) is 4.90 Å². The van der Waals surface area contributed by atoms with E-state index in [4.69, 9.17) is 4.74 Å². The zero-order valence-corrected chi connectivity index (χ0v) is 12.5. The van der Waals surface area contributed by atoms with E-state index in [-0.39, 0.29) is 40.6 Å². The molecule has 3 aliphatic rings. The molecule has 3 heterocycles. The second-order valence-electron chi connectivity index (χ2n) is 6.63. The Kier molecular flexibility index (Phi) is 3.17. The molecule has 0 saturated carbocycles. The van der Waals surface area contributed by atoms with Crippen molar-refractivity contribution in [2.75, 3.05) is 12.3 Å². The van der Waals surface area contributed by atoms with Crippen molar-refractivity contribution >= 4 is 23.6 Å². The molecule has 0 aromatic heterocycles. The Morgan fingerprint density at radius 1 is 1.16 bits per heavy atom. The predicted molar refractivity (Wildman–Crippen MR) is 73.8 cm³/mol. The van der Waals surface area contributed by atoms with E-state index in [9.17, 15) is 9.59 Å². The molecular formula is C14H21NO3S. The number of likely N-dealkylation sites (tertiary alicyclic amines) is 1. The van der Waals surface area contributed by atoms with E-state index < -0.39 is 0 Å². The third kappa shape index (κ3) is 2.21. The lowest BCUT2D eigenvalue weighted by molar-refractivity contribution is -0.142. The molecule has 3 fully saturated rings. The fourth-order valence-corrected chi connectivity index (χ4v) is 4.32. The summed E-state index contributed by atoms with van der Waals surface area (Å²) in [5.74, 6) is 0.488. The lowest BCUT2D eigenvalue weighted by atomic mass is 9.81. The van der Waals surface area contributed by atoms with Gasteiger partial charge in [-0.3, -0.25) is 14.5 Å². The van der Waals surface area contributed by atoms with Crippen LogP contribution in [0.15, 0.2) is 0 Å². The molecule has 0 unspecified atom stereocenters. The van der Waals surface area contributed by atoms with Crippen molar-refractivity contribution in [1.29, 1.82) is 0 Å². The Morgan fingerprint density at radius 2 is 1.68 bits per heavy atom. The van der Waals surface area contributed by atoms with Gasteiger partial charge in [0, 0.05) is 17.0 Å². The highest BCUT2D eigenvalue weighted by Crippen LogP contribution is 2.48. The number of hydrogen-bond acceptors (Lipinski definition) is 4.